The Balaban J connectivity index is 2.07. The first-order chi connectivity index (χ1) is 19.0. The number of nitro groups is 2. The molecule has 0 fully saturated rings. The van der Waals surface area contributed by atoms with Crippen LogP contribution in [0.5, 0.6) is 23.0 Å². The summed E-state index contributed by atoms with van der Waals surface area (Å²) in [5.41, 5.74) is -2.23. The van der Waals surface area contributed by atoms with Crippen molar-refractivity contribution in [2.45, 2.75) is 0 Å². The molecular weight excluding hydrogens is 530 g/mol. The zero-order chi connectivity index (χ0) is 29.6. The maximum Gasteiger partial charge on any atom is 0.336 e. The van der Waals surface area contributed by atoms with E-state index in [0.717, 1.165) is 0 Å². The molecule has 0 saturated heterocycles. The van der Waals surface area contributed by atoms with Crippen LogP contribution >= 0.6 is 0 Å². The standard InChI is InChI=1S/C26H23N3O11/c1-37-16-12-22(39-3)17(23(13-16)40-4)6-8-24(30)27-14-5-7-21(38-2)18(9-14)25-19(26(31)32)10-15(28(33)34)11-20(25)29(35)36/h5-13H,1-4H3,(H,27,30)(H,31,32)/b8-6+. The molecule has 40 heavy (non-hydrogen) atoms. The minimum absolute atomic E-state index is 0.0284. The summed E-state index contributed by atoms with van der Waals surface area (Å²) in [4.78, 5) is 46.0. The molecule has 1 amide bonds. The Morgan fingerprint density at radius 2 is 1.48 bits per heavy atom. The minimum atomic E-state index is -1.64. The molecule has 0 atom stereocenters. The molecule has 0 spiro atoms. The third kappa shape index (κ3) is 6.07. The molecule has 208 valence electrons. The lowest BCUT2D eigenvalue weighted by Crippen LogP contribution is -2.09. The fraction of sp³-hybridized carbons (Fsp3) is 0.154. The third-order valence-electron chi connectivity index (χ3n) is 5.63. The molecule has 0 aliphatic heterocycles. The van der Waals surface area contributed by atoms with E-state index < -0.39 is 44.2 Å². The first kappa shape index (κ1) is 28.9. The lowest BCUT2D eigenvalue weighted by atomic mass is 9.95. The van der Waals surface area contributed by atoms with Gasteiger partial charge in [0.15, 0.2) is 0 Å². The van der Waals surface area contributed by atoms with Gasteiger partial charge in [-0.2, -0.15) is 0 Å². The highest BCUT2D eigenvalue weighted by molar-refractivity contribution is 6.04. The molecule has 0 bridgehead atoms. The molecule has 14 nitrogen and oxygen atoms in total. The van der Waals surface area contributed by atoms with Crippen molar-refractivity contribution in [2.24, 2.45) is 0 Å². The summed E-state index contributed by atoms with van der Waals surface area (Å²) < 4.78 is 21.2. The summed E-state index contributed by atoms with van der Waals surface area (Å²) in [5.74, 6) is -1.00. The number of carboxylic acid groups (broad SMARTS) is 1. The van der Waals surface area contributed by atoms with Gasteiger partial charge in [-0.15, -0.1) is 0 Å². The maximum atomic E-state index is 12.8. The van der Waals surface area contributed by atoms with Gasteiger partial charge in [0, 0.05) is 35.5 Å². The Labute approximate surface area is 226 Å². The number of rotatable bonds is 11. The molecule has 0 heterocycles. The van der Waals surface area contributed by atoms with Crippen molar-refractivity contribution < 1.29 is 43.5 Å². The highest BCUT2D eigenvalue weighted by Crippen LogP contribution is 2.42. The van der Waals surface area contributed by atoms with E-state index in [1.165, 1.54) is 58.8 Å². The van der Waals surface area contributed by atoms with Crippen molar-refractivity contribution >= 4 is 35.0 Å². The van der Waals surface area contributed by atoms with Crippen LogP contribution in [0.25, 0.3) is 17.2 Å². The number of carbonyl (C=O) groups excluding carboxylic acids is 1. The molecule has 0 radical (unpaired) electrons. The van der Waals surface area contributed by atoms with E-state index in [2.05, 4.69) is 5.32 Å². The van der Waals surface area contributed by atoms with Crippen LogP contribution in [0.3, 0.4) is 0 Å². The van der Waals surface area contributed by atoms with Crippen LogP contribution in [0.2, 0.25) is 0 Å². The van der Waals surface area contributed by atoms with Gasteiger partial charge >= 0.3 is 5.97 Å². The van der Waals surface area contributed by atoms with Crippen LogP contribution in [0.15, 0.2) is 48.5 Å². The molecule has 3 rings (SSSR count). The molecule has 0 aliphatic rings. The van der Waals surface area contributed by atoms with Gasteiger partial charge in [0.25, 0.3) is 11.4 Å². The zero-order valence-electron chi connectivity index (χ0n) is 21.6. The summed E-state index contributed by atoms with van der Waals surface area (Å²) in [6.07, 6.45) is 2.63. The average molecular weight is 553 g/mol. The fourth-order valence-electron chi connectivity index (χ4n) is 3.83. The monoisotopic (exact) mass is 553 g/mol. The zero-order valence-corrected chi connectivity index (χ0v) is 21.6. The summed E-state index contributed by atoms with van der Waals surface area (Å²) >= 11 is 0. The normalized spacial score (nSPS) is 10.6. The van der Waals surface area contributed by atoms with Crippen molar-refractivity contribution in [3.63, 3.8) is 0 Å². The average Bonchev–Trinajstić information content (AvgIpc) is 2.94. The number of amides is 1. The number of hydrogen-bond donors (Lipinski definition) is 2. The van der Waals surface area contributed by atoms with Gasteiger partial charge < -0.3 is 29.4 Å². The van der Waals surface area contributed by atoms with Crippen molar-refractivity contribution in [3.8, 4) is 34.1 Å². The predicted octanol–water partition coefficient (Wildman–Crippen LogP) is 4.55. The molecule has 14 heteroatoms. The number of nitro benzene ring substituents is 2. The highest BCUT2D eigenvalue weighted by atomic mass is 16.6. The molecule has 2 N–H and O–H groups in total. The van der Waals surface area contributed by atoms with Gasteiger partial charge in [0.2, 0.25) is 5.91 Å². The predicted molar refractivity (Wildman–Crippen MR) is 142 cm³/mol. The van der Waals surface area contributed by atoms with E-state index in [-0.39, 0.29) is 17.0 Å². The number of non-ortho nitro benzene ring substituents is 1. The second kappa shape index (κ2) is 12.3. The lowest BCUT2D eigenvalue weighted by Gasteiger charge is -2.14. The summed E-state index contributed by atoms with van der Waals surface area (Å²) in [7, 11) is 5.61. The number of nitrogens with one attached hydrogen (secondary N) is 1. The van der Waals surface area contributed by atoms with Crippen LogP contribution in [0.4, 0.5) is 17.1 Å². The fourth-order valence-corrected chi connectivity index (χ4v) is 3.83. The van der Waals surface area contributed by atoms with Gasteiger partial charge in [-0.05, 0) is 24.3 Å². The van der Waals surface area contributed by atoms with Gasteiger partial charge in [-0.1, -0.05) is 0 Å². The Morgan fingerprint density at radius 3 is 1.98 bits per heavy atom. The summed E-state index contributed by atoms with van der Waals surface area (Å²) in [6, 6.07) is 8.64. The van der Waals surface area contributed by atoms with Gasteiger partial charge in [0.1, 0.15) is 23.0 Å². The van der Waals surface area contributed by atoms with Crippen molar-refractivity contribution in [1.82, 2.24) is 0 Å². The number of ether oxygens (including phenoxy) is 4. The van der Waals surface area contributed by atoms with Crippen molar-refractivity contribution in [2.75, 3.05) is 33.8 Å². The number of aromatic carboxylic acids is 1. The Bertz CT molecular complexity index is 1470. The lowest BCUT2D eigenvalue weighted by molar-refractivity contribution is -0.393. The molecule has 0 aromatic heterocycles. The quantitative estimate of drug-likeness (QED) is 0.192. The molecule has 0 saturated carbocycles. The van der Waals surface area contributed by atoms with E-state index in [1.807, 2.05) is 0 Å². The number of benzene rings is 3. The molecule has 0 unspecified atom stereocenters. The summed E-state index contributed by atoms with van der Waals surface area (Å²) in [5, 5.41) is 35.4. The minimum Gasteiger partial charge on any atom is -0.496 e. The molecule has 0 aliphatic carbocycles. The molecular formula is C26H23N3O11. The Morgan fingerprint density at radius 1 is 0.850 bits per heavy atom. The van der Waals surface area contributed by atoms with Crippen molar-refractivity contribution in [3.05, 3.63) is 79.9 Å². The number of hydrogen-bond acceptors (Lipinski definition) is 10. The summed E-state index contributed by atoms with van der Waals surface area (Å²) in [6.45, 7) is 0. The van der Waals surface area contributed by atoms with E-state index in [0.29, 0.717) is 34.9 Å². The van der Waals surface area contributed by atoms with Crippen LogP contribution in [0.1, 0.15) is 15.9 Å². The SMILES string of the molecule is COc1cc(OC)c(/C=C/C(=O)Nc2ccc(OC)c(-c3c(C(=O)O)cc([N+](=O)[O-])cc3[N+](=O)[O-])c2)c(OC)c1. The van der Waals surface area contributed by atoms with Crippen LogP contribution in [0, 0.1) is 20.2 Å². The van der Waals surface area contributed by atoms with Crippen LogP contribution in [-0.4, -0.2) is 55.3 Å². The number of anilines is 1. The second-order valence-corrected chi connectivity index (χ2v) is 7.89. The van der Waals surface area contributed by atoms with E-state index in [1.54, 1.807) is 12.1 Å². The first-order valence-electron chi connectivity index (χ1n) is 11.2. The van der Waals surface area contributed by atoms with Crippen LogP contribution in [-0.2, 0) is 4.79 Å². The van der Waals surface area contributed by atoms with Gasteiger partial charge in [0.05, 0.1) is 61.0 Å². The Kier molecular flexibility index (Phi) is 8.86. The van der Waals surface area contributed by atoms with Crippen molar-refractivity contribution in [1.29, 1.82) is 0 Å². The highest BCUT2D eigenvalue weighted by Gasteiger charge is 2.30. The van der Waals surface area contributed by atoms with Gasteiger partial charge in [-0.25, -0.2) is 4.79 Å². The molecule has 3 aromatic rings. The maximum absolute atomic E-state index is 12.8. The largest absolute Gasteiger partial charge is 0.496 e. The van der Waals surface area contributed by atoms with Crippen LogP contribution < -0.4 is 24.3 Å². The number of carbonyl (C=O) groups is 2. The smallest absolute Gasteiger partial charge is 0.336 e. The van der Waals surface area contributed by atoms with E-state index in [4.69, 9.17) is 18.9 Å². The van der Waals surface area contributed by atoms with Gasteiger partial charge in [-0.3, -0.25) is 25.0 Å². The van der Waals surface area contributed by atoms with E-state index >= 15 is 0 Å². The van der Waals surface area contributed by atoms with E-state index in [9.17, 15) is 34.9 Å². The Hall–Kier alpha value is -5.66. The number of carboxylic acids is 1. The first-order valence-corrected chi connectivity index (χ1v) is 11.2. The third-order valence-corrected chi connectivity index (χ3v) is 5.63. The second-order valence-electron chi connectivity index (χ2n) is 7.89. The number of nitrogens with zero attached hydrogens (tertiary/aromatic N) is 2. The number of methoxy groups -OCH3 is 4. The topological polar surface area (TPSA) is 190 Å². The molecule has 3 aromatic carbocycles.